The highest BCUT2D eigenvalue weighted by molar-refractivity contribution is 5.36. The van der Waals surface area contributed by atoms with Crippen LogP contribution in [-0.2, 0) is 4.74 Å². The Morgan fingerprint density at radius 2 is 1.14 bits per heavy atom. The monoisotopic (exact) mass is 94.0 g/mol. The number of rotatable bonds is 0. The molecule has 2 heterocycles. The van der Waals surface area contributed by atoms with Crippen LogP contribution < -0.4 is 0 Å². The molecule has 0 amide bonds. The Kier molecular flexibility index (Phi) is 0.145. The molecular formula is C6H6O. The Labute approximate surface area is 41.7 Å². The summed E-state index contributed by atoms with van der Waals surface area (Å²) in [6.07, 6.45) is 1.58. The Balaban J connectivity index is 2.20. The third-order valence-corrected chi connectivity index (χ3v) is 3.33. The van der Waals surface area contributed by atoms with Crippen LogP contribution in [0.2, 0.25) is 0 Å². The lowest BCUT2D eigenvalue weighted by atomic mass is 10.0. The maximum absolute atomic E-state index is 5.55. The molecule has 0 spiro atoms. The second-order valence-corrected chi connectivity index (χ2v) is 3.37. The highest BCUT2D eigenvalue weighted by atomic mass is 16.5. The predicted octanol–water partition coefficient (Wildman–Crippen LogP) is 0.259. The van der Waals surface area contributed by atoms with Crippen molar-refractivity contribution in [3.63, 3.8) is 0 Å². The number of hydrogen-bond acceptors (Lipinski definition) is 1. The molecule has 0 aromatic heterocycles. The van der Waals surface area contributed by atoms with Gasteiger partial charge in [-0.25, -0.2) is 0 Å². The minimum Gasteiger partial charge on any atom is -0.374 e. The van der Waals surface area contributed by atoms with E-state index in [0.29, 0.717) is 0 Å². The summed E-state index contributed by atoms with van der Waals surface area (Å²) in [4.78, 5) is 0. The molecule has 0 aromatic rings. The van der Waals surface area contributed by atoms with Gasteiger partial charge >= 0.3 is 0 Å². The van der Waals surface area contributed by atoms with Gasteiger partial charge in [-0.05, 0) is 23.7 Å². The van der Waals surface area contributed by atoms with E-state index in [-0.39, 0.29) is 0 Å². The van der Waals surface area contributed by atoms with Gasteiger partial charge in [0.15, 0.2) is 0 Å². The van der Waals surface area contributed by atoms with Gasteiger partial charge in [0.1, 0.15) is 0 Å². The molecule has 2 bridgehead atoms. The number of hydrogen-bond donors (Lipinski definition) is 0. The summed E-state index contributed by atoms with van der Waals surface area (Å²) < 4.78 is 5.55. The van der Waals surface area contributed by atoms with Crippen molar-refractivity contribution in [3.05, 3.63) is 0 Å². The maximum atomic E-state index is 5.55. The van der Waals surface area contributed by atoms with Crippen LogP contribution in [-0.4, -0.2) is 12.2 Å². The summed E-state index contributed by atoms with van der Waals surface area (Å²) >= 11 is 0. The molecule has 7 heavy (non-hydrogen) atoms. The Morgan fingerprint density at radius 1 is 0.714 bits per heavy atom. The van der Waals surface area contributed by atoms with Crippen LogP contribution in [0.5, 0.6) is 0 Å². The zero-order valence-electron chi connectivity index (χ0n) is 3.87. The first kappa shape index (κ1) is 2.49. The molecule has 2 saturated heterocycles. The van der Waals surface area contributed by atoms with E-state index in [9.17, 15) is 0 Å². The van der Waals surface area contributed by atoms with Gasteiger partial charge in [-0.1, -0.05) is 0 Å². The molecule has 36 valence electrons. The van der Waals surface area contributed by atoms with Crippen molar-refractivity contribution >= 4 is 0 Å². The topological polar surface area (TPSA) is 9.23 Å². The van der Waals surface area contributed by atoms with E-state index in [1.807, 2.05) is 0 Å². The molecule has 2 aliphatic heterocycles. The van der Waals surface area contributed by atoms with Crippen LogP contribution in [0.15, 0.2) is 0 Å². The third-order valence-electron chi connectivity index (χ3n) is 3.33. The zero-order valence-corrected chi connectivity index (χ0v) is 3.87. The smallest absolute Gasteiger partial charge is 0.0650 e. The van der Waals surface area contributed by atoms with Crippen molar-refractivity contribution < 1.29 is 4.74 Å². The molecule has 5 rings (SSSR count). The van der Waals surface area contributed by atoms with Crippen molar-refractivity contribution in [1.82, 2.24) is 0 Å². The third kappa shape index (κ3) is 0.0915. The van der Waals surface area contributed by atoms with Crippen LogP contribution in [0.1, 0.15) is 0 Å². The summed E-state index contributed by atoms with van der Waals surface area (Å²) in [6, 6.07) is 0. The van der Waals surface area contributed by atoms with E-state index in [2.05, 4.69) is 0 Å². The Hall–Kier alpha value is -0.0400. The lowest BCUT2D eigenvalue weighted by Crippen LogP contribution is -2.00. The molecule has 1 heteroatoms. The summed E-state index contributed by atoms with van der Waals surface area (Å²) in [5.41, 5.74) is 0. The van der Waals surface area contributed by atoms with Gasteiger partial charge in [0, 0.05) is 0 Å². The molecule has 0 aromatic carbocycles. The average molecular weight is 94.1 g/mol. The van der Waals surface area contributed by atoms with Gasteiger partial charge in [0.25, 0.3) is 0 Å². The van der Waals surface area contributed by atoms with E-state index < -0.39 is 0 Å². The molecule has 5 aliphatic rings. The van der Waals surface area contributed by atoms with Crippen LogP contribution in [0, 0.1) is 23.7 Å². The van der Waals surface area contributed by atoms with Crippen LogP contribution >= 0.6 is 0 Å². The van der Waals surface area contributed by atoms with E-state index in [0.717, 1.165) is 35.9 Å². The molecular weight excluding hydrogens is 88.1 g/mol. The molecule has 0 radical (unpaired) electrons. The zero-order chi connectivity index (χ0) is 4.17. The average Bonchev–Trinajstić information content (AvgIpc) is 2.18. The molecule has 3 aliphatic carbocycles. The first-order valence-electron chi connectivity index (χ1n) is 3.14. The predicted molar refractivity (Wildman–Crippen MR) is 22.6 cm³/mol. The summed E-state index contributed by atoms with van der Waals surface area (Å²) in [7, 11) is 0. The SMILES string of the molecule is O1C2C3C2C2C1C32. The number of ether oxygens (including phenoxy) is 1. The highest BCUT2D eigenvalue weighted by Crippen LogP contribution is 2.85. The second kappa shape index (κ2) is 0.408. The first-order valence-corrected chi connectivity index (χ1v) is 3.14. The van der Waals surface area contributed by atoms with Gasteiger partial charge in [0.05, 0.1) is 12.2 Å². The molecule has 3 saturated carbocycles. The maximum Gasteiger partial charge on any atom is 0.0650 e. The van der Waals surface area contributed by atoms with Gasteiger partial charge < -0.3 is 4.74 Å². The molecule has 1 nitrogen and oxygen atoms in total. The van der Waals surface area contributed by atoms with Crippen molar-refractivity contribution in [2.75, 3.05) is 0 Å². The molecule has 0 unspecified atom stereocenters. The van der Waals surface area contributed by atoms with Crippen LogP contribution in [0.3, 0.4) is 0 Å². The van der Waals surface area contributed by atoms with E-state index in [1.165, 1.54) is 0 Å². The van der Waals surface area contributed by atoms with Gasteiger partial charge in [0.2, 0.25) is 0 Å². The fraction of sp³-hybridized carbons (Fsp3) is 1.00. The normalized spacial score (nSPS) is 96.0. The van der Waals surface area contributed by atoms with Crippen molar-refractivity contribution in [2.24, 2.45) is 23.7 Å². The lowest BCUT2D eigenvalue weighted by Gasteiger charge is -2.00. The van der Waals surface area contributed by atoms with Gasteiger partial charge in [-0.2, -0.15) is 0 Å². The summed E-state index contributed by atoms with van der Waals surface area (Å²) in [5.74, 6) is 4.37. The summed E-state index contributed by atoms with van der Waals surface area (Å²) in [6.45, 7) is 0. The fourth-order valence-corrected chi connectivity index (χ4v) is 2.96. The largest absolute Gasteiger partial charge is 0.374 e. The molecule has 0 atom stereocenters. The molecule has 0 N–H and O–H groups in total. The van der Waals surface area contributed by atoms with Crippen molar-refractivity contribution in [3.8, 4) is 0 Å². The lowest BCUT2D eigenvalue weighted by molar-refractivity contribution is 0.143. The quantitative estimate of drug-likeness (QED) is 0.418. The molecule has 5 fully saturated rings. The Morgan fingerprint density at radius 3 is 1.29 bits per heavy atom. The minimum atomic E-state index is 0.792. The second-order valence-electron chi connectivity index (χ2n) is 3.37. The van der Waals surface area contributed by atoms with Crippen LogP contribution in [0.25, 0.3) is 0 Å². The highest BCUT2D eigenvalue weighted by Gasteiger charge is 2.90. The van der Waals surface area contributed by atoms with Crippen molar-refractivity contribution in [2.45, 2.75) is 12.2 Å². The van der Waals surface area contributed by atoms with E-state index >= 15 is 0 Å². The van der Waals surface area contributed by atoms with Gasteiger partial charge in [-0.15, -0.1) is 0 Å². The minimum absolute atomic E-state index is 0.792. The first-order chi connectivity index (χ1) is 3.48. The van der Waals surface area contributed by atoms with Gasteiger partial charge in [-0.3, -0.25) is 0 Å². The van der Waals surface area contributed by atoms with Crippen LogP contribution in [0.4, 0.5) is 0 Å². The summed E-state index contributed by atoms with van der Waals surface area (Å²) in [5, 5.41) is 0. The fourth-order valence-electron chi connectivity index (χ4n) is 2.96. The van der Waals surface area contributed by atoms with E-state index in [1.54, 1.807) is 0 Å². The van der Waals surface area contributed by atoms with E-state index in [4.69, 9.17) is 4.74 Å². The standard InChI is InChI=1S/C6H6O/c7-5-1-2(5)4-3(1)6(4)7/h1-6H. The Bertz CT molecular complexity index is 104. The van der Waals surface area contributed by atoms with Crippen molar-refractivity contribution in [1.29, 1.82) is 0 Å².